The molecule has 9 nitrogen and oxygen atoms in total. The van der Waals surface area contributed by atoms with E-state index in [-0.39, 0.29) is 18.2 Å². The molecule has 0 spiro atoms. The van der Waals surface area contributed by atoms with E-state index in [0.29, 0.717) is 21.4 Å². The van der Waals surface area contributed by atoms with Crippen LogP contribution in [0.3, 0.4) is 0 Å². The van der Waals surface area contributed by atoms with Crippen LogP contribution in [0.25, 0.3) is 17.5 Å². The molecule has 202 valence electrons. The third-order valence-corrected chi connectivity index (χ3v) is 6.00. The summed E-state index contributed by atoms with van der Waals surface area (Å²) in [6, 6.07) is 8.83. The molecule has 0 aliphatic carbocycles. The minimum absolute atomic E-state index is 0.00367. The minimum atomic E-state index is -4.82. The zero-order chi connectivity index (χ0) is 28.5. The van der Waals surface area contributed by atoms with Gasteiger partial charge in [0.25, 0.3) is 0 Å². The van der Waals surface area contributed by atoms with Crippen LogP contribution in [0.15, 0.2) is 70.5 Å². The van der Waals surface area contributed by atoms with E-state index < -0.39 is 45.6 Å². The van der Waals surface area contributed by atoms with Gasteiger partial charge in [-0.3, -0.25) is 9.13 Å². The first-order valence-corrected chi connectivity index (χ1v) is 11.5. The average Bonchev–Trinajstić information content (AvgIpc) is 2.85. The number of anilines is 2. The van der Waals surface area contributed by atoms with E-state index in [1.807, 2.05) is 0 Å². The van der Waals surface area contributed by atoms with Crippen LogP contribution in [0.4, 0.5) is 29.2 Å². The van der Waals surface area contributed by atoms with Gasteiger partial charge in [0.2, 0.25) is 0 Å². The number of benzene rings is 2. The van der Waals surface area contributed by atoms with Gasteiger partial charge in [0, 0.05) is 18.9 Å². The third kappa shape index (κ3) is 5.84. The van der Waals surface area contributed by atoms with Gasteiger partial charge >= 0.3 is 17.6 Å². The second kappa shape index (κ2) is 10.7. The topological polar surface area (TPSA) is 148 Å². The number of nitrogen functional groups attached to an aromatic ring is 2. The lowest BCUT2D eigenvalue weighted by Crippen LogP contribution is -2.24. The summed E-state index contributed by atoms with van der Waals surface area (Å²) in [6.45, 7) is 0.0392. The van der Waals surface area contributed by atoms with Crippen molar-refractivity contribution in [3.05, 3.63) is 109 Å². The van der Waals surface area contributed by atoms with Crippen LogP contribution in [-0.2, 0) is 6.54 Å². The Kier molecular flexibility index (Phi) is 7.56. The van der Waals surface area contributed by atoms with Crippen molar-refractivity contribution in [2.75, 3.05) is 11.5 Å². The van der Waals surface area contributed by atoms with Crippen molar-refractivity contribution in [2.45, 2.75) is 18.6 Å². The molecule has 0 fully saturated rings. The molecule has 1 atom stereocenters. The molecule has 2 aromatic heterocycles. The second-order valence-corrected chi connectivity index (χ2v) is 8.72. The summed E-state index contributed by atoms with van der Waals surface area (Å²) < 4.78 is 59.2. The Bertz CT molecular complexity index is 1700. The number of aromatic nitrogens is 4. The van der Waals surface area contributed by atoms with E-state index in [9.17, 15) is 27.2 Å². The first-order chi connectivity index (χ1) is 18.4. The molecule has 1 unspecified atom stereocenters. The quantitative estimate of drug-likeness (QED) is 0.305. The monoisotopic (exact) mass is 561 g/mol. The van der Waals surface area contributed by atoms with Crippen molar-refractivity contribution in [3.8, 4) is 11.4 Å². The number of alkyl halides is 3. The molecule has 0 amide bonds. The molecule has 0 bridgehead atoms. The van der Waals surface area contributed by atoms with E-state index in [2.05, 4.69) is 9.97 Å². The summed E-state index contributed by atoms with van der Waals surface area (Å²) >= 11 is 5.93. The zero-order valence-corrected chi connectivity index (χ0v) is 20.6. The Morgan fingerprint density at radius 2 is 1.51 bits per heavy atom. The lowest BCUT2D eigenvalue weighted by atomic mass is 9.96. The van der Waals surface area contributed by atoms with Crippen LogP contribution in [0.5, 0.6) is 0 Å². The molecule has 14 heteroatoms. The lowest BCUT2D eigenvalue weighted by Gasteiger charge is -2.19. The van der Waals surface area contributed by atoms with Crippen LogP contribution >= 0.6 is 11.6 Å². The maximum atomic E-state index is 14.8. The Morgan fingerprint density at radius 3 is 2.05 bits per heavy atom. The van der Waals surface area contributed by atoms with E-state index in [1.165, 1.54) is 41.1 Å². The maximum Gasteiger partial charge on any atom is 0.399 e. The number of nitrogens with zero attached hydrogens (tertiary/aromatic N) is 4. The molecule has 0 saturated heterocycles. The van der Waals surface area contributed by atoms with Crippen molar-refractivity contribution in [1.29, 1.82) is 0 Å². The second-order valence-electron chi connectivity index (χ2n) is 8.32. The van der Waals surface area contributed by atoms with E-state index >= 15 is 0 Å². The Labute approximate surface area is 222 Å². The largest absolute Gasteiger partial charge is 0.399 e. The summed E-state index contributed by atoms with van der Waals surface area (Å²) in [7, 11) is 0. The lowest BCUT2D eigenvalue weighted by molar-refractivity contribution is -0.139. The van der Waals surface area contributed by atoms with Crippen LogP contribution in [0.1, 0.15) is 22.6 Å². The van der Waals surface area contributed by atoms with Gasteiger partial charge in [0.1, 0.15) is 11.6 Å². The fraction of sp³-hybridized carbons (Fsp3) is 0.120. The summed E-state index contributed by atoms with van der Waals surface area (Å²) in [5, 5.41) is -0.626. The highest BCUT2D eigenvalue weighted by Crippen LogP contribution is 2.39. The zero-order valence-electron chi connectivity index (χ0n) is 19.9. The molecule has 6 N–H and O–H groups in total. The highest BCUT2D eigenvalue weighted by Gasteiger charge is 2.39. The number of rotatable bonds is 6. The molecule has 39 heavy (non-hydrogen) atoms. The molecular weight excluding hydrogens is 542 g/mol. The Hall–Kier alpha value is -4.49. The highest BCUT2D eigenvalue weighted by molar-refractivity contribution is 6.31. The van der Waals surface area contributed by atoms with E-state index in [4.69, 9.17) is 28.8 Å². The van der Waals surface area contributed by atoms with Gasteiger partial charge in [0.15, 0.2) is 5.82 Å². The Morgan fingerprint density at radius 1 is 0.923 bits per heavy atom. The highest BCUT2D eigenvalue weighted by atomic mass is 35.5. The van der Waals surface area contributed by atoms with Crippen LogP contribution < -0.4 is 28.6 Å². The van der Waals surface area contributed by atoms with Crippen LogP contribution in [-0.4, -0.2) is 25.3 Å². The van der Waals surface area contributed by atoms with Crippen molar-refractivity contribution in [2.24, 2.45) is 5.73 Å². The fourth-order valence-corrected chi connectivity index (χ4v) is 4.07. The van der Waals surface area contributed by atoms with Crippen LogP contribution in [0.2, 0.25) is 5.02 Å². The number of hydrogen-bond donors (Lipinski definition) is 3. The number of halogens is 5. The van der Waals surface area contributed by atoms with Gasteiger partial charge in [-0.15, -0.1) is 0 Å². The maximum absolute atomic E-state index is 14.8. The van der Waals surface area contributed by atoms with Crippen LogP contribution in [0, 0.1) is 5.82 Å². The van der Waals surface area contributed by atoms with Gasteiger partial charge in [-0.25, -0.2) is 14.0 Å². The summed E-state index contributed by atoms with van der Waals surface area (Å²) in [4.78, 5) is 31.7. The van der Waals surface area contributed by atoms with E-state index in [1.54, 1.807) is 6.07 Å². The molecule has 2 heterocycles. The van der Waals surface area contributed by atoms with Gasteiger partial charge in [-0.2, -0.15) is 23.1 Å². The van der Waals surface area contributed by atoms with E-state index in [0.717, 1.165) is 24.4 Å². The molecule has 0 saturated carbocycles. The predicted octanol–water partition coefficient (Wildman–Crippen LogP) is 3.55. The minimum Gasteiger partial charge on any atom is -0.383 e. The van der Waals surface area contributed by atoms with Gasteiger partial charge in [-0.1, -0.05) is 35.9 Å². The summed E-state index contributed by atoms with van der Waals surface area (Å²) in [5.41, 5.74) is 15.3. The summed E-state index contributed by atoms with van der Waals surface area (Å²) in [6.07, 6.45) is -0.331. The number of nitrogens with two attached hydrogens (primary N) is 3. The molecular formula is C25H20ClF4N7O2. The first-order valence-electron chi connectivity index (χ1n) is 11.2. The normalized spacial score (nSPS) is 12.7. The molecule has 4 aromatic rings. The van der Waals surface area contributed by atoms with Crippen molar-refractivity contribution >= 4 is 29.3 Å². The Balaban J connectivity index is 1.80. The molecule has 0 aliphatic heterocycles. The van der Waals surface area contributed by atoms with Crippen molar-refractivity contribution in [1.82, 2.24) is 19.1 Å². The van der Waals surface area contributed by atoms with Gasteiger partial charge in [-0.05, 0) is 47.0 Å². The molecule has 2 aromatic carbocycles. The van der Waals surface area contributed by atoms with Gasteiger partial charge < -0.3 is 17.2 Å². The smallest absolute Gasteiger partial charge is 0.383 e. The molecule has 4 rings (SSSR count). The molecule has 0 radical (unpaired) electrons. The third-order valence-electron chi connectivity index (χ3n) is 5.72. The van der Waals surface area contributed by atoms with Crippen molar-refractivity contribution in [3.63, 3.8) is 0 Å². The predicted molar refractivity (Wildman–Crippen MR) is 139 cm³/mol. The number of hydrogen-bond acceptors (Lipinski definition) is 7. The fourth-order valence-electron chi connectivity index (χ4n) is 3.85. The van der Waals surface area contributed by atoms with Crippen molar-refractivity contribution < 1.29 is 17.6 Å². The standard InChI is InChI=1S/C25H20ClF4N7O2/c26-17-10-15(11-19(22(17)27)37-8-6-21(33)35-24(37)39)16(25(28,29)30)4-2-13-1-3-14(12-31)18(9-13)36-7-5-20(32)34-23(36)38/h1-11,16H,12,31H2,(H2,32,34,38)(H2,33,35,39)/b4-2+. The molecule has 0 aliphatic rings. The van der Waals surface area contributed by atoms with Gasteiger partial charge in [0.05, 0.1) is 22.3 Å². The SMILES string of the molecule is NCc1ccc(/C=C/C(c2cc(Cl)c(F)c(-n3ccc(N)nc3=O)c2)C(F)(F)F)cc1-n1ccc(N)nc1=O. The summed E-state index contributed by atoms with van der Waals surface area (Å²) in [5.74, 6) is -3.50. The number of allylic oxidation sites excluding steroid dienone is 1. The first kappa shape index (κ1) is 27.5. The average molecular weight is 562 g/mol.